The van der Waals surface area contributed by atoms with Crippen LogP contribution in [0.2, 0.25) is 0 Å². The van der Waals surface area contributed by atoms with Gasteiger partial charge in [-0.2, -0.15) is 11.3 Å². The van der Waals surface area contributed by atoms with Crippen LogP contribution < -0.4 is 4.78 Å². The Labute approximate surface area is 101 Å². The average Bonchev–Trinajstić information content (AvgIpc) is 2.48. The van der Waals surface area contributed by atoms with E-state index < -0.39 is 18.3 Å². The molecule has 1 heterocycles. The van der Waals surface area contributed by atoms with Crippen LogP contribution in [0, 0.1) is 6.92 Å². The van der Waals surface area contributed by atoms with Gasteiger partial charge in [-0.15, -0.1) is 0 Å². The first-order valence-corrected chi connectivity index (χ1v) is 6.15. The molecule has 0 aliphatic heterocycles. The summed E-state index contributed by atoms with van der Waals surface area (Å²) in [4.78, 5) is 0. The molecular weight excluding hydrogens is 223 g/mol. The van der Waals surface area contributed by atoms with Crippen molar-refractivity contribution in [2.24, 2.45) is 0 Å². The predicted octanol–water partition coefficient (Wildman–Crippen LogP) is 1.31. The molecule has 3 nitrogen and oxygen atoms in total. The second-order valence-electron chi connectivity index (χ2n) is 5.07. The molecule has 0 amide bonds. The molecule has 2 N–H and O–H groups in total. The quantitative estimate of drug-likeness (QED) is 0.782. The highest BCUT2D eigenvalue weighted by molar-refractivity contribution is 7.20. The first-order chi connectivity index (χ1) is 7.13. The van der Waals surface area contributed by atoms with Crippen molar-refractivity contribution in [2.45, 2.75) is 45.8 Å². The van der Waals surface area contributed by atoms with Gasteiger partial charge in [0.05, 0.1) is 11.2 Å². The zero-order valence-electron chi connectivity index (χ0n) is 10.4. The SMILES string of the molecule is Cc1csc(B(O)OC(C)(C)C(C)(C)O)c1. The summed E-state index contributed by atoms with van der Waals surface area (Å²) in [6.07, 6.45) is 0. The number of rotatable bonds is 4. The summed E-state index contributed by atoms with van der Waals surface area (Å²) in [7, 11) is -0.986. The highest BCUT2D eigenvalue weighted by atomic mass is 32.1. The van der Waals surface area contributed by atoms with E-state index in [1.807, 2.05) is 18.4 Å². The van der Waals surface area contributed by atoms with Crippen molar-refractivity contribution in [1.82, 2.24) is 0 Å². The minimum Gasteiger partial charge on any atom is -0.423 e. The summed E-state index contributed by atoms with van der Waals surface area (Å²) in [5, 5.41) is 21.8. The Hall–Kier alpha value is -0.355. The fourth-order valence-electron chi connectivity index (χ4n) is 1.06. The van der Waals surface area contributed by atoms with Crippen LogP contribution in [0.3, 0.4) is 0 Å². The molecule has 1 aromatic heterocycles. The van der Waals surface area contributed by atoms with Crippen LogP contribution in [0.4, 0.5) is 0 Å². The fourth-order valence-corrected chi connectivity index (χ4v) is 1.87. The maximum Gasteiger partial charge on any atom is 0.502 e. The van der Waals surface area contributed by atoms with Gasteiger partial charge in [0.2, 0.25) is 0 Å². The Morgan fingerprint density at radius 1 is 1.31 bits per heavy atom. The molecule has 1 rings (SSSR count). The van der Waals surface area contributed by atoms with Crippen LogP contribution in [0.15, 0.2) is 11.4 Å². The van der Waals surface area contributed by atoms with Crippen molar-refractivity contribution in [3.8, 4) is 0 Å². The normalized spacial score (nSPS) is 12.9. The minimum atomic E-state index is -1.01. The third-order valence-electron chi connectivity index (χ3n) is 2.87. The lowest BCUT2D eigenvalue weighted by Crippen LogP contribution is -2.52. The van der Waals surface area contributed by atoms with Gasteiger partial charge in [0.25, 0.3) is 0 Å². The molecule has 0 aliphatic carbocycles. The maximum atomic E-state index is 9.91. The van der Waals surface area contributed by atoms with Crippen LogP contribution in [0.25, 0.3) is 0 Å². The summed E-state index contributed by atoms with van der Waals surface area (Å²) in [5.74, 6) is 0. The molecule has 16 heavy (non-hydrogen) atoms. The predicted molar refractivity (Wildman–Crippen MR) is 68.1 cm³/mol. The lowest BCUT2D eigenvalue weighted by Gasteiger charge is -2.38. The molecule has 0 spiro atoms. The van der Waals surface area contributed by atoms with E-state index in [0.717, 1.165) is 10.3 Å². The zero-order valence-corrected chi connectivity index (χ0v) is 11.3. The molecule has 0 bridgehead atoms. The van der Waals surface area contributed by atoms with Gasteiger partial charge in [-0.1, -0.05) is 0 Å². The molecule has 0 fully saturated rings. The topological polar surface area (TPSA) is 49.7 Å². The number of hydrogen-bond donors (Lipinski definition) is 2. The third kappa shape index (κ3) is 3.07. The van der Waals surface area contributed by atoms with E-state index in [1.165, 1.54) is 11.3 Å². The summed E-state index contributed by atoms with van der Waals surface area (Å²) in [6, 6.07) is 1.88. The van der Waals surface area contributed by atoms with Crippen molar-refractivity contribution in [2.75, 3.05) is 0 Å². The molecule has 0 aliphatic rings. The van der Waals surface area contributed by atoms with Crippen LogP contribution in [0.5, 0.6) is 0 Å². The summed E-state index contributed by atoms with van der Waals surface area (Å²) >= 11 is 1.45. The molecular formula is C11H19BO3S. The zero-order chi connectivity index (χ0) is 12.6. The van der Waals surface area contributed by atoms with Crippen molar-refractivity contribution in [1.29, 1.82) is 0 Å². The Kier molecular flexibility index (Phi) is 3.85. The van der Waals surface area contributed by atoms with Crippen LogP contribution in [-0.4, -0.2) is 28.5 Å². The molecule has 0 unspecified atom stereocenters. The molecule has 0 atom stereocenters. The third-order valence-corrected chi connectivity index (χ3v) is 3.96. The van der Waals surface area contributed by atoms with E-state index in [0.29, 0.717) is 0 Å². The smallest absolute Gasteiger partial charge is 0.423 e. The van der Waals surface area contributed by atoms with Gasteiger partial charge < -0.3 is 14.8 Å². The lowest BCUT2D eigenvalue weighted by molar-refractivity contribution is -0.0981. The molecule has 0 aromatic carbocycles. The van der Waals surface area contributed by atoms with Crippen LogP contribution in [0.1, 0.15) is 33.3 Å². The van der Waals surface area contributed by atoms with E-state index >= 15 is 0 Å². The largest absolute Gasteiger partial charge is 0.502 e. The molecule has 5 heteroatoms. The highest BCUT2D eigenvalue weighted by Crippen LogP contribution is 2.25. The van der Waals surface area contributed by atoms with Gasteiger partial charge in [-0.25, -0.2) is 0 Å². The minimum absolute atomic E-state index is 0.759. The molecule has 90 valence electrons. The van der Waals surface area contributed by atoms with E-state index in [-0.39, 0.29) is 0 Å². The maximum absolute atomic E-state index is 9.91. The second kappa shape index (κ2) is 4.49. The first-order valence-electron chi connectivity index (χ1n) is 5.27. The van der Waals surface area contributed by atoms with Crippen molar-refractivity contribution in [3.05, 3.63) is 17.0 Å². The van der Waals surface area contributed by atoms with Crippen LogP contribution in [-0.2, 0) is 4.65 Å². The van der Waals surface area contributed by atoms with E-state index in [2.05, 4.69) is 0 Å². The Morgan fingerprint density at radius 3 is 2.25 bits per heavy atom. The monoisotopic (exact) mass is 242 g/mol. The van der Waals surface area contributed by atoms with Gasteiger partial charge in [0.1, 0.15) is 0 Å². The van der Waals surface area contributed by atoms with Crippen molar-refractivity contribution in [3.63, 3.8) is 0 Å². The van der Waals surface area contributed by atoms with E-state index in [9.17, 15) is 10.1 Å². The molecule has 0 radical (unpaired) electrons. The van der Waals surface area contributed by atoms with E-state index in [1.54, 1.807) is 27.7 Å². The molecule has 0 saturated heterocycles. The number of thiophene rings is 1. The van der Waals surface area contributed by atoms with Crippen LogP contribution >= 0.6 is 11.3 Å². The highest BCUT2D eigenvalue weighted by Gasteiger charge is 2.39. The Morgan fingerprint density at radius 2 is 1.88 bits per heavy atom. The van der Waals surface area contributed by atoms with E-state index in [4.69, 9.17) is 4.65 Å². The van der Waals surface area contributed by atoms with Gasteiger partial charge in [0.15, 0.2) is 0 Å². The van der Waals surface area contributed by atoms with Crippen molar-refractivity contribution < 1.29 is 14.8 Å². The summed E-state index contributed by atoms with van der Waals surface area (Å²) in [6.45, 7) is 8.82. The summed E-state index contributed by atoms with van der Waals surface area (Å²) in [5.41, 5.74) is -0.728. The standard InChI is InChI=1S/C11H19BO3S/c1-8-6-9(16-7-8)12(14)15-11(4,5)10(2,3)13/h6-7,13-14H,1-5H3. The van der Waals surface area contributed by atoms with Gasteiger partial charge in [-0.3, -0.25) is 0 Å². The van der Waals surface area contributed by atoms with Crippen molar-refractivity contribution >= 4 is 23.2 Å². The Bertz CT molecular complexity index is 354. The second-order valence-corrected chi connectivity index (χ2v) is 6.01. The lowest BCUT2D eigenvalue weighted by atomic mass is 9.82. The average molecular weight is 242 g/mol. The molecule has 0 saturated carbocycles. The Balaban J connectivity index is 2.75. The summed E-state index contributed by atoms with van der Waals surface area (Å²) < 4.78 is 6.28. The van der Waals surface area contributed by atoms with Gasteiger partial charge >= 0.3 is 7.12 Å². The number of aliphatic hydroxyl groups is 1. The van der Waals surface area contributed by atoms with Gasteiger partial charge in [-0.05, 0) is 51.6 Å². The number of hydrogen-bond acceptors (Lipinski definition) is 4. The number of aryl methyl sites for hydroxylation is 1. The molecule has 1 aromatic rings. The first kappa shape index (κ1) is 13.7. The fraction of sp³-hybridized carbons (Fsp3) is 0.636. The van der Waals surface area contributed by atoms with Gasteiger partial charge in [0, 0.05) is 4.78 Å².